The van der Waals surface area contributed by atoms with Gasteiger partial charge in [0, 0.05) is 6.21 Å². The molecule has 0 bridgehead atoms. The fourth-order valence-electron chi connectivity index (χ4n) is 0.294. The molecule has 0 atom stereocenters. The van der Waals surface area contributed by atoms with Crippen molar-refractivity contribution in [2.45, 2.75) is 0 Å². The number of allylic oxidation sites excluding steroid dienone is 1. The van der Waals surface area contributed by atoms with Gasteiger partial charge >= 0.3 is 0 Å². The van der Waals surface area contributed by atoms with E-state index in [9.17, 15) is 0 Å². The van der Waals surface area contributed by atoms with Gasteiger partial charge in [0.25, 0.3) is 0 Å². The number of nitrogens with one attached hydrogen (secondary N) is 1. The Kier molecular flexibility index (Phi) is 3.12. The van der Waals surface area contributed by atoms with Gasteiger partial charge in [0.2, 0.25) is 0 Å². The van der Waals surface area contributed by atoms with E-state index < -0.39 is 0 Å². The molecule has 3 N–H and O–H groups in total. The van der Waals surface area contributed by atoms with Crippen LogP contribution in [0.3, 0.4) is 0 Å². The lowest BCUT2D eigenvalue weighted by atomic mass is 10.3. The summed E-state index contributed by atoms with van der Waals surface area (Å²) >= 11 is 0. The van der Waals surface area contributed by atoms with Crippen LogP contribution in [0.2, 0.25) is 0 Å². The topological polar surface area (TPSA) is 71.5 Å². The zero-order valence-corrected chi connectivity index (χ0v) is 5.22. The van der Waals surface area contributed by atoms with Crippen molar-refractivity contribution >= 4 is 11.9 Å². The zero-order chi connectivity index (χ0) is 7.28. The first-order valence-corrected chi connectivity index (χ1v) is 2.28. The summed E-state index contributed by atoms with van der Waals surface area (Å²) in [7, 11) is 1.44. The van der Waals surface area contributed by atoms with E-state index in [2.05, 4.69) is 16.4 Å². The van der Waals surface area contributed by atoms with E-state index in [-0.39, 0.29) is 5.71 Å². The summed E-state index contributed by atoms with van der Waals surface area (Å²) in [6, 6.07) is 0. The average Bonchev–Trinajstić information content (AvgIpc) is 1.90. The molecule has 0 saturated heterocycles. The van der Waals surface area contributed by atoms with Crippen molar-refractivity contribution in [3.8, 4) is 0 Å². The summed E-state index contributed by atoms with van der Waals surface area (Å²) in [6.45, 7) is 3.43. The molecule has 9 heavy (non-hydrogen) atoms. The average molecular weight is 127 g/mol. The quantitative estimate of drug-likeness (QED) is 0.244. The van der Waals surface area contributed by atoms with Crippen molar-refractivity contribution in [2.75, 3.05) is 7.11 Å². The van der Waals surface area contributed by atoms with E-state index in [0.29, 0.717) is 5.76 Å². The lowest BCUT2D eigenvalue weighted by Gasteiger charge is -1.99. The highest BCUT2D eigenvalue weighted by atomic mass is 16.5. The van der Waals surface area contributed by atoms with Crippen LogP contribution < -0.4 is 5.84 Å². The van der Waals surface area contributed by atoms with Gasteiger partial charge in [-0.2, -0.15) is 5.10 Å². The van der Waals surface area contributed by atoms with Crippen molar-refractivity contribution in [2.24, 2.45) is 10.9 Å². The molecule has 0 fully saturated rings. The van der Waals surface area contributed by atoms with Gasteiger partial charge in [-0.15, -0.1) is 0 Å². The van der Waals surface area contributed by atoms with Gasteiger partial charge in [0.1, 0.15) is 11.5 Å². The predicted octanol–water partition coefficient (Wildman–Crippen LogP) is 0.111. The Labute approximate surface area is 53.5 Å². The maximum Gasteiger partial charge on any atom is 0.141 e. The Balaban J connectivity index is 4.14. The first kappa shape index (κ1) is 7.68. The van der Waals surface area contributed by atoms with Crippen LogP contribution in [0, 0.1) is 5.41 Å². The maximum absolute atomic E-state index is 6.72. The minimum absolute atomic E-state index is 0.248. The fourth-order valence-corrected chi connectivity index (χ4v) is 0.294. The minimum atomic E-state index is 0.248. The van der Waals surface area contributed by atoms with Crippen LogP contribution in [-0.2, 0) is 4.74 Å². The van der Waals surface area contributed by atoms with Gasteiger partial charge in [-0.25, -0.2) is 0 Å². The van der Waals surface area contributed by atoms with Gasteiger partial charge in [0.05, 0.1) is 7.11 Å². The van der Waals surface area contributed by atoms with Crippen LogP contribution in [0.25, 0.3) is 0 Å². The molecule has 0 aromatic heterocycles. The predicted molar refractivity (Wildman–Crippen MR) is 36.6 cm³/mol. The highest BCUT2D eigenvalue weighted by molar-refractivity contribution is 6.36. The van der Waals surface area contributed by atoms with Gasteiger partial charge in [-0.3, -0.25) is 0 Å². The Morgan fingerprint density at radius 3 is 2.56 bits per heavy atom. The molecule has 50 valence electrons. The molecule has 0 aromatic rings. The highest BCUT2D eigenvalue weighted by Gasteiger charge is 1.97. The monoisotopic (exact) mass is 127 g/mol. The molecular weight excluding hydrogens is 118 g/mol. The number of nitrogens with two attached hydrogens (primary N) is 1. The van der Waals surface area contributed by atoms with Crippen molar-refractivity contribution in [3.05, 3.63) is 12.3 Å². The number of hydrazone groups is 1. The third-order valence-electron chi connectivity index (χ3n) is 0.808. The SMILES string of the molecule is C=C(OC)/C(C=N)=N/N. The Morgan fingerprint density at radius 2 is 2.44 bits per heavy atom. The number of nitrogens with zero attached hydrogens (tertiary/aromatic N) is 1. The van der Waals surface area contributed by atoms with E-state index in [4.69, 9.17) is 11.3 Å². The molecule has 4 heteroatoms. The normalized spacial score (nSPS) is 10.6. The second-order valence-electron chi connectivity index (χ2n) is 1.29. The minimum Gasteiger partial charge on any atom is -0.495 e. The van der Waals surface area contributed by atoms with Crippen LogP contribution in [0.5, 0.6) is 0 Å². The summed E-state index contributed by atoms with van der Waals surface area (Å²) in [4.78, 5) is 0. The van der Waals surface area contributed by atoms with Gasteiger partial charge in [0.15, 0.2) is 0 Å². The number of hydrogen-bond acceptors (Lipinski definition) is 4. The van der Waals surface area contributed by atoms with Crippen LogP contribution in [0.4, 0.5) is 0 Å². The molecule has 0 aliphatic heterocycles. The summed E-state index contributed by atoms with van der Waals surface area (Å²) in [5, 5.41) is 9.94. The molecule has 0 unspecified atom stereocenters. The van der Waals surface area contributed by atoms with Gasteiger partial charge in [-0.1, -0.05) is 6.58 Å². The van der Waals surface area contributed by atoms with E-state index >= 15 is 0 Å². The third kappa shape index (κ3) is 1.94. The van der Waals surface area contributed by atoms with Crippen LogP contribution in [-0.4, -0.2) is 19.0 Å². The van der Waals surface area contributed by atoms with Crippen molar-refractivity contribution in [1.82, 2.24) is 0 Å². The molecular formula is C5H9N3O. The lowest BCUT2D eigenvalue weighted by molar-refractivity contribution is 0.317. The zero-order valence-electron chi connectivity index (χ0n) is 5.22. The van der Waals surface area contributed by atoms with E-state index in [1.54, 1.807) is 0 Å². The molecule has 4 nitrogen and oxygen atoms in total. The molecule has 0 aliphatic carbocycles. The third-order valence-corrected chi connectivity index (χ3v) is 0.808. The molecule has 0 heterocycles. The van der Waals surface area contributed by atoms with E-state index in [0.717, 1.165) is 6.21 Å². The van der Waals surface area contributed by atoms with Crippen LogP contribution >= 0.6 is 0 Å². The molecule has 0 spiro atoms. The van der Waals surface area contributed by atoms with Crippen molar-refractivity contribution < 1.29 is 4.74 Å². The number of ether oxygens (including phenoxy) is 1. The van der Waals surface area contributed by atoms with E-state index in [1.807, 2.05) is 0 Å². The Bertz CT molecular complexity index is 150. The molecule has 0 saturated carbocycles. The van der Waals surface area contributed by atoms with Gasteiger partial charge in [-0.05, 0) is 0 Å². The molecule has 0 rings (SSSR count). The first-order valence-electron chi connectivity index (χ1n) is 2.28. The van der Waals surface area contributed by atoms with Gasteiger partial charge < -0.3 is 16.0 Å². The lowest BCUT2D eigenvalue weighted by Crippen LogP contribution is -2.07. The first-order chi connectivity index (χ1) is 4.26. The summed E-state index contributed by atoms with van der Waals surface area (Å²) in [5.74, 6) is 5.15. The van der Waals surface area contributed by atoms with Crippen molar-refractivity contribution in [3.63, 3.8) is 0 Å². The number of rotatable bonds is 3. The number of hydrogen-bond donors (Lipinski definition) is 2. The van der Waals surface area contributed by atoms with Crippen LogP contribution in [0.15, 0.2) is 17.4 Å². The highest BCUT2D eigenvalue weighted by Crippen LogP contribution is 1.90. The Morgan fingerprint density at radius 1 is 1.89 bits per heavy atom. The second-order valence-corrected chi connectivity index (χ2v) is 1.29. The Hall–Kier alpha value is -1.32. The number of methoxy groups -OCH3 is 1. The summed E-state index contributed by atoms with van der Waals surface area (Å²) in [6.07, 6.45) is 0.978. The van der Waals surface area contributed by atoms with Crippen LogP contribution in [0.1, 0.15) is 0 Å². The smallest absolute Gasteiger partial charge is 0.141 e. The fraction of sp³-hybridized carbons (Fsp3) is 0.200. The molecule has 0 aromatic carbocycles. The standard InChI is InChI=1S/C5H9N3O/c1-4(9-2)5(3-6)8-7/h3,6H,1,7H2,2H3/b6-3?,8-5+. The summed E-state index contributed by atoms with van der Waals surface area (Å²) in [5.41, 5.74) is 0.248. The summed E-state index contributed by atoms with van der Waals surface area (Å²) < 4.78 is 4.64. The second kappa shape index (κ2) is 3.65. The van der Waals surface area contributed by atoms with Crippen molar-refractivity contribution in [1.29, 1.82) is 5.41 Å². The van der Waals surface area contributed by atoms with E-state index in [1.165, 1.54) is 7.11 Å². The maximum atomic E-state index is 6.72. The molecule has 0 radical (unpaired) electrons. The largest absolute Gasteiger partial charge is 0.495 e. The molecule has 0 aliphatic rings. The molecule has 0 amide bonds.